The van der Waals surface area contributed by atoms with Crippen LogP contribution in [0.1, 0.15) is 25.5 Å². The van der Waals surface area contributed by atoms with Gasteiger partial charge in [0.25, 0.3) is 0 Å². The Morgan fingerprint density at radius 3 is 3.07 bits per heavy atom. The first kappa shape index (κ1) is 11.8. The molecule has 0 spiro atoms. The lowest BCUT2D eigenvalue weighted by Crippen LogP contribution is -2.33. The second kappa shape index (κ2) is 6.24. The van der Waals surface area contributed by atoms with Crippen LogP contribution in [-0.2, 0) is 11.2 Å². The van der Waals surface area contributed by atoms with Gasteiger partial charge in [0.2, 0.25) is 5.91 Å². The van der Waals surface area contributed by atoms with Crippen molar-refractivity contribution in [2.45, 2.75) is 32.2 Å². The van der Waals surface area contributed by atoms with Gasteiger partial charge in [-0.15, -0.1) is 0 Å². The van der Waals surface area contributed by atoms with E-state index in [-0.39, 0.29) is 18.6 Å². The molecule has 4 nitrogen and oxygen atoms in total. The van der Waals surface area contributed by atoms with E-state index in [2.05, 4.69) is 5.32 Å². The second-order valence-electron chi connectivity index (χ2n) is 3.56. The molecule has 1 aromatic heterocycles. The Balaban J connectivity index is 2.19. The number of nitrogens with one attached hydrogen (secondary N) is 1. The maximum atomic E-state index is 11.4. The number of aryl methyl sites for hydroxylation is 1. The third-order valence-corrected chi connectivity index (χ3v) is 2.15. The lowest BCUT2D eigenvalue weighted by molar-refractivity contribution is -0.121. The third kappa shape index (κ3) is 4.65. The van der Waals surface area contributed by atoms with Gasteiger partial charge in [0.15, 0.2) is 0 Å². The van der Waals surface area contributed by atoms with E-state index in [0.29, 0.717) is 19.3 Å². The molecule has 4 heteroatoms. The average Bonchev–Trinajstić information content (AvgIpc) is 2.67. The summed E-state index contributed by atoms with van der Waals surface area (Å²) in [6.45, 7) is 1.97. The van der Waals surface area contributed by atoms with Gasteiger partial charge >= 0.3 is 0 Å². The molecule has 1 heterocycles. The lowest BCUT2D eigenvalue weighted by Gasteiger charge is -2.11. The van der Waals surface area contributed by atoms with Gasteiger partial charge in [-0.1, -0.05) is 0 Å². The Hall–Kier alpha value is -1.29. The molecule has 0 saturated heterocycles. The number of carbonyl (C=O) groups excluding carboxylic acids is 1. The molecular weight excluding hydrogens is 194 g/mol. The monoisotopic (exact) mass is 211 g/mol. The van der Waals surface area contributed by atoms with E-state index in [1.165, 1.54) is 0 Å². The normalized spacial score (nSPS) is 12.4. The predicted molar refractivity (Wildman–Crippen MR) is 56.3 cm³/mol. The summed E-state index contributed by atoms with van der Waals surface area (Å²) in [5, 5.41) is 11.5. The van der Waals surface area contributed by atoms with Crippen molar-refractivity contribution in [1.29, 1.82) is 0 Å². The molecule has 0 aromatic carbocycles. The Kier molecular flexibility index (Phi) is 4.90. The fourth-order valence-electron chi connectivity index (χ4n) is 1.30. The van der Waals surface area contributed by atoms with Crippen molar-refractivity contribution in [2.24, 2.45) is 0 Å². The molecule has 0 radical (unpaired) electrons. The Morgan fingerprint density at radius 1 is 1.67 bits per heavy atom. The molecular formula is C11H17NO3. The van der Waals surface area contributed by atoms with Crippen LogP contribution in [0.25, 0.3) is 0 Å². The van der Waals surface area contributed by atoms with Gasteiger partial charge in [0.05, 0.1) is 6.26 Å². The van der Waals surface area contributed by atoms with E-state index in [1.54, 1.807) is 6.26 Å². The van der Waals surface area contributed by atoms with Crippen molar-refractivity contribution in [3.63, 3.8) is 0 Å². The van der Waals surface area contributed by atoms with Gasteiger partial charge in [-0.2, -0.15) is 0 Å². The van der Waals surface area contributed by atoms with Gasteiger partial charge in [-0.3, -0.25) is 4.79 Å². The van der Waals surface area contributed by atoms with E-state index < -0.39 is 0 Å². The highest BCUT2D eigenvalue weighted by molar-refractivity contribution is 5.76. The van der Waals surface area contributed by atoms with E-state index >= 15 is 0 Å². The highest BCUT2D eigenvalue weighted by Crippen LogP contribution is 2.03. The SMILES string of the molecule is CC(CCO)NC(=O)CCc1ccco1. The molecule has 0 aliphatic heterocycles. The zero-order valence-corrected chi connectivity index (χ0v) is 8.90. The van der Waals surface area contributed by atoms with Crippen molar-refractivity contribution in [3.05, 3.63) is 24.2 Å². The number of hydrogen-bond donors (Lipinski definition) is 2. The number of carbonyl (C=O) groups is 1. The molecule has 15 heavy (non-hydrogen) atoms. The Morgan fingerprint density at radius 2 is 2.47 bits per heavy atom. The fraction of sp³-hybridized carbons (Fsp3) is 0.545. The quantitative estimate of drug-likeness (QED) is 0.740. The number of rotatable bonds is 6. The third-order valence-electron chi connectivity index (χ3n) is 2.15. The van der Waals surface area contributed by atoms with Crippen LogP contribution in [0.5, 0.6) is 0 Å². The first-order valence-electron chi connectivity index (χ1n) is 5.15. The summed E-state index contributed by atoms with van der Waals surface area (Å²) < 4.78 is 5.12. The van der Waals surface area contributed by atoms with Crippen molar-refractivity contribution in [2.75, 3.05) is 6.61 Å². The number of aliphatic hydroxyl groups is 1. The van der Waals surface area contributed by atoms with Gasteiger partial charge in [-0.05, 0) is 25.5 Å². The van der Waals surface area contributed by atoms with Crippen LogP contribution in [-0.4, -0.2) is 23.7 Å². The van der Waals surface area contributed by atoms with Crippen LogP contribution in [0, 0.1) is 0 Å². The largest absolute Gasteiger partial charge is 0.469 e. The van der Waals surface area contributed by atoms with Crippen molar-refractivity contribution >= 4 is 5.91 Å². The summed E-state index contributed by atoms with van der Waals surface area (Å²) in [6.07, 6.45) is 3.22. The lowest BCUT2D eigenvalue weighted by atomic mass is 10.2. The summed E-state index contributed by atoms with van der Waals surface area (Å²) >= 11 is 0. The van der Waals surface area contributed by atoms with E-state index in [4.69, 9.17) is 9.52 Å². The van der Waals surface area contributed by atoms with Crippen molar-refractivity contribution < 1.29 is 14.3 Å². The molecule has 0 fully saturated rings. The highest BCUT2D eigenvalue weighted by Gasteiger charge is 2.07. The summed E-state index contributed by atoms with van der Waals surface area (Å²) in [5.41, 5.74) is 0. The van der Waals surface area contributed by atoms with Crippen LogP contribution in [0.15, 0.2) is 22.8 Å². The minimum Gasteiger partial charge on any atom is -0.469 e. The number of hydrogen-bond acceptors (Lipinski definition) is 3. The zero-order chi connectivity index (χ0) is 11.1. The van der Waals surface area contributed by atoms with E-state index in [1.807, 2.05) is 19.1 Å². The van der Waals surface area contributed by atoms with Gasteiger partial charge < -0.3 is 14.8 Å². The predicted octanol–water partition coefficient (Wildman–Crippen LogP) is 1.10. The Bertz CT molecular complexity index is 282. The molecule has 1 atom stereocenters. The van der Waals surface area contributed by atoms with Gasteiger partial charge in [-0.25, -0.2) is 0 Å². The molecule has 1 amide bonds. The van der Waals surface area contributed by atoms with Crippen LogP contribution >= 0.6 is 0 Å². The summed E-state index contributed by atoms with van der Waals surface area (Å²) in [5.74, 6) is 0.812. The second-order valence-corrected chi connectivity index (χ2v) is 3.56. The molecule has 1 aromatic rings. The standard InChI is InChI=1S/C11H17NO3/c1-9(6-7-13)12-11(14)5-4-10-3-2-8-15-10/h2-3,8-9,13H,4-7H2,1H3,(H,12,14). The highest BCUT2D eigenvalue weighted by atomic mass is 16.3. The van der Waals surface area contributed by atoms with Gasteiger partial charge in [0, 0.05) is 25.5 Å². The molecule has 1 unspecified atom stereocenters. The summed E-state index contributed by atoms with van der Waals surface area (Å²) in [4.78, 5) is 11.4. The first-order valence-corrected chi connectivity index (χ1v) is 5.15. The number of furan rings is 1. The first-order chi connectivity index (χ1) is 7.22. The molecule has 2 N–H and O–H groups in total. The van der Waals surface area contributed by atoms with Crippen molar-refractivity contribution in [1.82, 2.24) is 5.32 Å². The number of amides is 1. The maximum absolute atomic E-state index is 11.4. The molecule has 84 valence electrons. The fourth-order valence-corrected chi connectivity index (χ4v) is 1.30. The molecule has 1 rings (SSSR count). The van der Waals surface area contributed by atoms with Crippen molar-refractivity contribution in [3.8, 4) is 0 Å². The minimum atomic E-state index is -0.00708. The van der Waals surface area contributed by atoms with Crippen LogP contribution in [0.4, 0.5) is 0 Å². The zero-order valence-electron chi connectivity index (χ0n) is 8.90. The van der Waals surface area contributed by atoms with Gasteiger partial charge in [0.1, 0.15) is 5.76 Å². The smallest absolute Gasteiger partial charge is 0.220 e. The van der Waals surface area contributed by atoms with Crippen LogP contribution in [0.3, 0.4) is 0 Å². The topological polar surface area (TPSA) is 62.5 Å². The summed E-state index contributed by atoms with van der Waals surface area (Å²) in [7, 11) is 0. The maximum Gasteiger partial charge on any atom is 0.220 e. The summed E-state index contributed by atoms with van der Waals surface area (Å²) in [6, 6.07) is 3.69. The Labute approximate surface area is 89.3 Å². The molecule has 0 bridgehead atoms. The van der Waals surface area contributed by atoms with Crippen LogP contribution < -0.4 is 5.32 Å². The molecule has 0 aliphatic rings. The number of aliphatic hydroxyl groups excluding tert-OH is 1. The molecule has 0 saturated carbocycles. The van der Waals surface area contributed by atoms with E-state index in [0.717, 1.165) is 5.76 Å². The average molecular weight is 211 g/mol. The van der Waals surface area contributed by atoms with E-state index in [9.17, 15) is 4.79 Å². The molecule has 0 aliphatic carbocycles. The van der Waals surface area contributed by atoms with Crippen LogP contribution in [0.2, 0.25) is 0 Å². The minimum absolute atomic E-state index is 0.00708.